The first-order chi connectivity index (χ1) is 12.7. The largest absolute Gasteiger partial charge is 0.381 e. The fourth-order valence-electron chi connectivity index (χ4n) is 3.58. The van der Waals surface area contributed by atoms with Gasteiger partial charge >= 0.3 is 0 Å². The number of nitrogens with one attached hydrogen (secondary N) is 2. The van der Waals surface area contributed by atoms with Gasteiger partial charge in [-0.15, -0.1) is 24.0 Å². The van der Waals surface area contributed by atoms with Gasteiger partial charge in [-0.2, -0.15) is 0 Å². The highest BCUT2D eigenvalue weighted by atomic mass is 127. The maximum Gasteiger partial charge on any atom is 0.220 e. The monoisotopic (exact) mass is 496 g/mol. The van der Waals surface area contributed by atoms with E-state index in [1.807, 2.05) is 7.05 Å². The Kier molecular flexibility index (Phi) is 13.0. The second-order valence-electron chi connectivity index (χ2n) is 7.27. The molecule has 2 N–H and O–H groups in total. The summed E-state index contributed by atoms with van der Waals surface area (Å²) in [4.78, 5) is 18.2. The Hall–Kier alpha value is -0.610. The topological polar surface area (TPSA) is 75.2 Å². The third-order valence-corrected chi connectivity index (χ3v) is 5.32. The number of rotatable bonds is 8. The van der Waals surface area contributed by atoms with Crippen LogP contribution < -0.4 is 10.6 Å². The van der Waals surface area contributed by atoms with Gasteiger partial charge in [0, 0.05) is 66.6 Å². The summed E-state index contributed by atoms with van der Waals surface area (Å²) in [6.07, 6.45) is 5.96. The third-order valence-electron chi connectivity index (χ3n) is 5.32. The molecule has 7 nitrogen and oxygen atoms in total. The van der Waals surface area contributed by atoms with E-state index in [-0.39, 0.29) is 29.9 Å². The highest BCUT2D eigenvalue weighted by Gasteiger charge is 2.22. The van der Waals surface area contributed by atoms with Gasteiger partial charge in [0.05, 0.1) is 0 Å². The van der Waals surface area contributed by atoms with Crippen LogP contribution in [-0.4, -0.2) is 76.9 Å². The molecule has 2 aliphatic rings. The number of hydrogen-bond donors (Lipinski definition) is 2. The number of hydrogen-bond acceptors (Lipinski definition) is 4. The molecule has 0 aliphatic carbocycles. The quantitative estimate of drug-likeness (QED) is 0.232. The Morgan fingerprint density at radius 1 is 1.19 bits per heavy atom. The lowest BCUT2D eigenvalue weighted by Gasteiger charge is -2.34. The van der Waals surface area contributed by atoms with Gasteiger partial charge in [-0.05, 0) is 43.9 Å². The zero-order chi connectivity index (χ0) is 18.6. The molecule has 27 heavy (non-hydrogen) atoms. The third kappa shape index (κ3) is 9.43. The van der Waals surface area contributed by atoms with Gasteiger partial charge in [0.1, 0.15) is 0 Å². The molecule has 2 fully saturated rings. The zero-order valence-electron chi connectivity index (χ0n) is 16.9. The number of amides is 1. The van der Waals surface area contributed by atoms with Crippen LogP contribution in [0.2, 0.25) is 0 Å². The van der Waals surface area contributed by atoms with E-state index < -0.39 is 0 Å². The molecular weight excluding hydrogens is 459 g/mol. The lowest BCUT2D eigenvalue weighted by Crippen LogP contribution is -2.46. The van der Waals surface area contributed by atoms with E-state index in [1.165, 1.54) is 0 Å². The molecule has 0 atom stereocenters. The van der Waals surface area contributed by atoms with Crippen molar-refractivity contribution in [2.45, 2.75) is 38.5 Å². The molecule has 0 saturated carbocycles. The molecule has 1 amide bonds. The minimum atomic E-state index is 0. The molecule has 2 heterocycles. The van der Waals surface area contributed by atoms with Crippen molar-refractivity contribution in [2.75, 3.05) is 60.2 Å². The van der Waals surface area contributed by atoms with Crippen molar-refractivity contribution in [3.05, 3.63) is 0 Å². The predicted octanol–water partition coefficient (Wildman–Crippen LogP) is 1.86. The number of halogens is 1. The summed E-state index contributed by atoms with van der Waals surface area (Å²) in [6.45, 7) is 6.20. The van der Waals surface area contributed by atoms with Crippen LogP contribution in [0.5, 0.6) is 0 Å². The summed E-state index contributed by atoms with van der Waals surface area (Å²) in [5.74, 6) is 2.27. The Morgan fingerprint density at radius 2 is 1.89 bits per heavy atom. The van der Waals surface area contributed by atoms with Crippen molar-refractivity contribution in [2.24, 2.45) is 16.8 Å². The molecule has 2 saturated heterocycles. The van der Waals surface area contributed by atoms with E-state index in [9.17, 15) is 4.79 Å². The summed E-state index contributed by atoms with van der Waals surface area (Å²) in [6, 6.07) is 0. The average molecular weight is 496 g/mol. The molecular formula is C19H37IN4O3. The molecule has 158 valence electrons. The lowest BCUT2D eigenvalue weighted by atomic mass is 9.93. The Balaban J connectivity index is 0.00000364. The molecule has 0 spiro atoms. The van der Waals surface area contributed by atoms with Gasteiger partial charge in [0.2, 0.25) is 5.91 Å². The Morgan fingerprint density at radius 3 is 2.52 bits per heavy atom. The molecule has 8 heteroatoms. The second-order valence-corrected chi connectivity index (χ2v) is 7.27. The molecule has 0 bridgehead atoms. The number of carbonyl (C=O) groups excluding carboxylic acids is 1. The summed E-state index contributed by atoms with van der Waals surface area (Å²) in [5.41, 5.74) is 0. The van der Waals surface area contributed by atoms with E-state index in [0.29, 0.717) is 18.3 Å². The van der Waals surface area contributed by atoms with Crippen molar-refractivity contribution in [3.63, 3.8) is 0 Å². The number of likely N-dealkylation sites (tertiary alicyclic amines) is 1. The number of nitrogens with zero attached hydrogens (tertiary/aromatic N) is 2. The SMILES string of the molecule is CN=C(NCCCOCC1CCOCC1)N1CCC(CC(=O)NC)CC1.I. The highest BCUT2D eigenvalue weighted by Crippen LogP contribution is 2.20. The minimum Gasteiger partial charge on any atom is -0.381 e. The van der Waals surface area contributed by atoms with E-state index >= 15 is 0 Å². The minimum absolute atomic E-state index is 0. The van der Waals surface area contributed by atoms with Gasteiger partial charge in [-0.1, -0.05) is 0 Å². The second kappa shape index (κ2) is 14.4. The number of piperidine rings is 1. The Labute approximate surface area is 181 Å². The highest BCUT2D eigenvalue weighted by molar-refractivity contribution is 14.0. The van der Waals surface area contributed by atoms with Gasteiger partial charge < -0.3 is 25.0 Å². The van der Waals surface area contributed by atoms with E-state index in [2.05, 4.69) is 20.5 Å². The first-order valence-corrected chi connectivity index (χ1v) is 10.0. The normalized spacial score (nSPS) is 19.5. The van der Waals surface area contributed by atoms with Gasteiger partial charge in [0.15, 0.2) is 5.96 Å². The van der Waals surface area contributed by atoms with Crippen molar-refractivity contribution >= 4 is 35.8 Å². The van der Waals surface area contributed by atoms with Crippen molar-refractivity contribution in [3.8, 4) is 0 Å². The number of aliphatic imine (C=N–C) groups is 1. The molecule has 2 aliphatic heterocycles. The number of ether oxygens (including phenoxy) is 2. The summed E-state index contributed by atoms with van der Waals surface area (Å²) >= 11 is 0. The van der Waals surface area contributed by atoms with Gasteiger partial charge in [-0.3, -0.25) is 9.79 Å². The van der Waals surface area contributed by atoms with Crippen molar-refractivity contribution < 1.29 is 14.3 Å². The first kappa shape index (κ1) is 24.4. The van der Waals surface area contributed by atoms with Crippen LogP contribution in [0.4, 0.5) is 0 Å². The predicted molar refractivity (Wildman–Crippen MR) is 119 cm³/mol. The van der Waals surface area contributed by atoms with Crippen LogP contribution in [-0.2, 0) is 14.3 Å². The summed E-state index contributed by atoms with van der Waals surface area (Å²) in [7, 11) is 3.54. The van der Waals surface area contributed by atoms with Gasteiger partial charge in [0.25, 0.3) is 0 Å². The molecule has 0 radical (unpaired) electrons. The summed E-state index contributed by atoms with van der Waals surface area (Å²) in [5, 5.41) is 6.16. The fourth-order valence-corrected chi connectivity index (χ4v) is 3.58. The van der Waals surface area contributed by atoms with Crippen LogP contribution in [0.1, 0.15) is 38.5 Å². The molecule has 0 aromatic carbocycles. The fraction of sp³-hybridized carbons (Fsp3) is 0.895. The zero-order valence-corrected chi connectivity index (χ0v) is 19.2. The van der Waals surface area contributed by atoms with E-state index in [4.69, 9.17) is 9.47 Å². The maximum atomic E-state index is 11.5. The molecule has 0 unspecified atom stereocenters. The van der Waals surface area contributed by atoms with Crippen LogP contribution in [0, 0.1) is 11.8 Å². The Bertz CT molecular complexity index is 437. The summed E-state index contributed by atoms with van der Waals surface area (Å²) < 4.78 is 11.2. The average Bonchev–Trinajstić information content (AvgIpc) is 2.69. The lowest BCUT2D eigenvalue weighted by molar-refractivity contribution is -0.121. The van der Waals surface area contributed by atoms with Gasteiger partial charge in [-0.25, -0.2) is 0 Å². The van der Waals surface area contributed by atoms with Crippen LogP contribution in [0.25, 0.3) is 0 Å². The number of guanidine groups is 1. The van der Waals surface area contributed by atoms with E-state index in [1.54, 1.807) is 7.05 Å². The van der Waals surface area contributed by atoms with Crippen LogP contribution in [0.15, 0.2) is 4.99 Å². The first-order valence-electron chi connectivity index (χ1n) is 10.0. The van der Waals surface area contributed by atoms with Crippen molar-refractivity contribution in [1.29, 1.82) is 0 Å². The number of carbonyl (C=O) groups is 1. The standard InChI is InChI=1S/C19H36N4O3.HI/c1-20-18(24)14-16-4-9-23(10-5-16)19(21-2)22-8-3-11-26-15-17-6-12-25-13-7-17;/h16-17H,3-15H2,1-2H3,(H,20,24)(H,21,22);1H. The van der Waals surface area contributed by atoms with Crippen LogP contribution >= 0.6 is 24.0 Å². The molecule has 2 rings (SSSR count). The molecule has 0 aromatic heterocycles. The van der Waals surface area contributed by atoms with Crippen LogP contribution in [0.3, 0.4) is 0 Å². The van der Waals surface area contributed by atoms with E-state index in [0.717, 1.165) is 84.1 Å². The molecule has 0 aromatic rings. The smallest absolute Gasteiger partial charge is 0.220 e. The van der Waals surface area contributed by atoms with Crippen molar-refractivity contribution in [1.82, 2.24) is 15.5 Å². The maximum absolute atomic E-state index is 11.5.